The Balaban J connectivity index is 3.27. The number of aromatic nitrogens is 2. The second kappa shape index (κ2) is 4.02. The normalized spacial score (nSPS) is 11.7. The fourth-order valence-electron chi connectivity index (χ4n) is 1.54. The van der Waals surface area contributed by atoms with Gasteiger partial charge in [0, 0.05) is 6.42 Å². The third-order valence-electron chi connectivity index (χ3n) is 2.06. The van der Waals surface area contributed by atoms with Crippen LogP contribution in [0.25, 0.3) is 0 Å². The van der Waals surface area contributed by atoms with Crippen molar-refractivity contribution >= 4 is 5.97 Å². The highest BCUT2D eigenvalue weighted by Gasteiger charge is 2.23. The van der Waals surface area contributed by atoms with E-state index < -0.39 is 11.7 Å². The van der Waals surface area contributed by atoms with Gasteiger partial charge in [0.1, 0.15) is 11.5 Å². The molecule has 0 saturated carbocycles. The first-order valence-electron chi connectivity index (χ1n) is 4.88. The first kappa shape index (κ1) is 11.7. The summed E-state index contributed by atoms with van der Waals surface area (Å²) in [5, 5.41) is 20.6. The van der Waals surface area contributed by atoms with Gasteiger partial charge in [-0.3, -0.25) is 4.57 Å². The lowest BCUT2D eigenvalue weighted by Crippen LogP contribution is -2.34. The number of hydrogen-bond acceptors (Lipinski definition) is 4. The molecule has 1 rings (SSSR count). The number of carbonyl (C=O) groups is 1. The van der Waals surface area contributed by atoms with E-state index in [1.54, 1.807) is 0 Å². The van der Waals surface area contributed by atoms with E-state index in [1.165, 1.54) is 24.6 Å². The molecule has 1 aromatic rings. The Morgan fingerprint density at radius 1 is 1.67 bits per heavy atom. The van der Waals surface area contributed by atoms with Crippen molar-refractivity contribution < 1.29 is 15.0 Å². The first-order valence-corrected chi connectivity index (χ1v) is 4.88. The van der Waals surface area contributed by atoms with Gasteiger partial charge in [-0.1, -0.05) is 6.92 Å². The average molecular weight is 211 g/mol. The predicted octanol–water partition coefficient (Wildman–Crippen LogP) is -0.116. The van der Waals surface area contributed by atoms with Gasteiger partial charge in [-0.2, -0.15) is 0 Å². The fourth-order valence-corrected chi connectivity index (χ4v) is 1.54. The fraction of sp³-hybridized carbons (Fsp3) is 0.600. The number of aromatic carboxylic acids is 1. The van der Waals surface area contributed by atoms with Gasteiger partial charge >= 0.3 is 0 Å². The van der Waals surface area contributed by atoms with Gasteiger partial charge in [0.15, 0.2) is 0 Å². The summed E-state index contributed by atoms with van der Waals surface area (Å²) in [6.07, 6.45) is 2.68. The van der Waals surface area contributed by atoms with Crippen molar-refractivity contribution in [2.75, 3.05) is 0 Å². The molecule has 0 radical (unpaired) electrons. The van der Waals surface area contributed by atoms with Crippen molar-refractivity contribution in [2.45, 2.75) is 39.3 Å². The van der Waals surface area contributed by atoms with E-state index in [4.69, 9.17) is 0 Å². The van der Waals surface area contributed by atoms with Crippen LogP contribution < -0.4 is 5.11 Å². The zero-order chi connectivity index (χ0) is 11.6. The number of carbonyl (C=O) groups excluding carboxylic acids is 1. The van der Waals surface area contributed by atoms with Crippen LogP contribution in [0.5, 0.6) is 0 Å². The third-order valence-corrected chi connectivity index (χ3v) is 2.06. The summed E-state index contributed by atoms with van der Waals surface area (Å²) in [7, 11) is 0. The minimum Gasteiger partial charge on any atom is -0.543 e. The van der Waals surface area contributed by atoms with Crippen LogP contribution in [0.4, 0.5) is 0 Å². The minimum absolute atomic E-state index is 0.0917. The Kier molecular flexibility index (Phi) is 3.14. The van der Waals surface area contributed by atoms with E-state index in [1.807, 2.05) is 6.92 Å². The SMILES string of the molecule is CCCc1ncc(C(=O)[O-])n1C(C)(C)O. The Bertz CT molecular complexity index is 363. The van der Waals surface area contributed by atoms with Crippen molar-refractivity contribution in [3.8, 4) is 0 Å². The Labute approximate surface area is 88.4 Å². The number of nitrogens with zero attached hydrogens (tertiary/aromatic N) is 2. The second-order valence-electron chi connectivity index (χ2n) is 3.93. The molecule has 84 valence electrons. The van der Waals surface area contributed by atoms with Crippen molar-refractivity contribution in [1.29, 1.82) is 0 Å². The number of aryl methyl sites for hydroxylation is 1. The summed E-state index contributed by atoms with van der Waals surface area (Å²) in [5.41, 5.74) is -1.37. The highest BCUT2D eigenvalue weighted by Crippen LogP contribution is 2.18. The molecule has 5 nitrogen and oxygen atoms in total. The molecule has 1 N–H and O–H groups in total. The Morgan fingerprint density at radius 2 is 2.27 bits per heavy atom. The molecule has 0 aromatic carbocycles. The minimum atomic E-state index is -1.33. The van der Waals surface area contributed by atoms with E-state index >= 15 is 0 Å². The van der Waals surface area contributed by atoms with Gasteiger partial charge in [0.25, 0.3) is 0 Å². The molecule has 15 heavy (non-hydrogen) atoms. The van der Waals surface area contributed by atoms with Crippen LogP contribution in [-0.2, 0) is 12.1 Å². The molecule has 0 saturated heterocycles. The van der Waals surface area contributed by atoms with E-state index in [0.717, 1.165) is 6.42 Å². The lowest BCUT2D eigenvalue weighted by Gasteiger charge is -2.25. The molecule has 0 amide bonds. The smallest absolute Gasteiger partial charge is 0.137 e. The number of rotatable bonds is 4. The monoisotopic (exact) mass is 211 g/mol. The number of aliphatic hydroxyl groups is 1. The molecule has 0 aliphatic carbocycles. The largest absolute Gasteiger partial charge is 0.543 e. The van der Waals surface area contributed by atoms with E-state index in [9.17, 15) is 15.0 Å². The number of carboxylic acids is 1. The van der Waals surface area contributed by atoms with Gasteiger partial charge in [-0.25, -0.2) is 4.98 Å². The first-order chi connectivity index (χ1) is 6.88. The number of imidazole rings is 1. The second-order valence-corrected chi connectivity index (χ2v) is 3.93. The van der Waals surface area contributed by atoms with Gasteiger partial charge in [-0.15, -0.1) is 0 Å². The highest BCUT2D eigenvalue weighted by molar-refractivity contribution is 5.83. The van der Waals surface area contributed by atoms with Crippen LogP contribution in [0, 0.1) is 0 Å². The van der Waals surface area contributed by atoms with Crippen molar-refractivity contribution in [1.82, 2.24) is 9.55 Å². The summed E-state index contributed by atoms with van der Waals surface area (Å²) < 4.78 is 1.30. The van der Waals surface area contributed by atoms with Gasteiger partial charge < -0.3 is 15.0 Å². The summed E-state index contributed by atoms with van der Waals surface area (Å²) >= 11 is 0. The number of hydrogen-bond donors (Lipinski definition) is 1. The number of carboxylic acid groups (broad SMARTS) is 1. The van der Waals surface area contributed by atoms with Gasteiger partial charge in [0.2, 0.25) is 0 Å². The average Bonchev–Trinajstić information content (AvgIpc) is 2.47. The molecule has 0 aliphatic heterocycles. The lowest BCUT2D eigenvalue weighted by molar-refractivity contribution is -0.256. The summed E-state index contributed by atoms with van der Waals surface area (Å²) in [6.45, 7) is 4.99. The summed E-state index contributed by atoms with van der Waals surface area (Å²) in [4.78, 5) is 14.8. The van der Waals surface area contributed by atoms with Gasteiger partial charge in [0.05, 0.1) is 17.9 Å². The maximum atomic E-state index is 10.8. The maximum Gasteiger partial charge on any atom is 0.137 e. The molecular formula is C10H15N2O3-. The van der Waals surface area contributed by atoms with E-state index in [2.05, 4.69) is 4.98 Å². The zero-order valence-electron chi connectivity index (χ0n) is 9.15. The molecular weight excluding hydrogens is 196 g/mol. The molecule has 0 unspecified atom stereocenters. The van der Waals surface area contributed by atoms with E-state index in [0.29, 0.717) is 12.2 Å². The standard InChI is InChI=1S/C10H16N2O3/c1-4-5-8-11-6-7(9(13)14)12(8)10(2,3)15/h6,15H,4-5H2,1-3H3,(H,13,14)/p-1. The molecule has 1 heterocycles. The highest BCUT2D eigenvalue weighted by atomic mass is 16.4. The Morgan fingerprint density at radius 3 is 2.67 bits per heavy atom. The molecule has 0 fully saturated rings. The van der Waals surface area contributed by atoms with Crippen LogP contribution in [0.1, 0.15) is 43.5 Å². The quantitative estimate of drug-likeness (QED) is 0.753. The van der Waals surface area contributed by atoms with Crippen LogP contribution >= 0.6 is 0 Å². The molecule has 0 spiro atoms. The summed E-state index contributed by atoms with van der Waals surface area (Å²) in [5.74, 6) is -0.767. The van der Waals surface area contributed by atoms with Crippen LogP contribution in [-0.4, -0.2) is 20.6 Å². The maximum absolute atomic E-state index is 10.8. The molecule has 5 heteroatoms. The topological polar surface area (TPSA) is 78.2 Å². The Hall–Kier alpha value is -1.36. The summed E-state index contributed by atoms with van der Waals surface area (Å²) in [6, 6.07) is 0. The van der Waals surface area contributed by atoms with Crippen LogP contribution in [0.2, 0.25) is 0 Å². The van der Waals surface area contributed by atoms with E-state index in [-0.39, 0.29) is 5.69 Å². The van der Waals surface area contributed by atoms with Crippen LogP contribution in [0.3, 0.4) is 0 Å². The molecule has 1 aromatic heterocycles. The molecule has 0 bridgehead atoms. The molecule has 0 atom stereocenters. The van der Waals surface area contributed by atoms with Crippen LogP contribution in [0.15, 0.2) is 6.20 Å². The molecule has 0 aliphatic rings. The predicted molar refractivity (Wildman–Crippen MR) is 52.1 cm³/mol. The van der Waals surface area contributed by atoms with Crippen molar-refractivity contribution in [3.63, 3.8) is 0 Å². The zero-order valence-corrected chi connectivity index (χ0v) is 9.15. The third kappa shape index (κ3) is 2.36. The van der Waals surface area contributed by atoms with Crippen molar-refractivity contribution in [2.24, 2.45) is 0 Å². The van der Waals surface area contributed by atoms with Crippen molar-refractivity contribution in [3.05, 3.63) is 17.7 Å². The lowest BCUT2D eigenvalue weighted by atomic mass is 10.2. The van der Waals surface area contributed by atoms with Gasteiger partial charge in [-0.05, 0) is 20.3 Å².